The maximum Gasteiger partial charge on any atom is 0.243 e. The van der Waals surface area contributed by atoms with Gasteiger partial charge in [0.15, 0.2) is 0 Å². The molecule has 0 aromatic carbocycles. The summed E-state index contributed by atoms with van der Waals surface area (Å²) in [5.41, 5.74) is 24.7. The molecule has 0 atom stereocenters. The van der Waals surface area contributed by atoms with Gasteiger partial charge >= 0.3 is 0 Å². The number of rotatable bonds is 3. The van der Waals surface area contributed by atoms with Gasteiger partial charge in [0.25, 0.3) is 0 Å². The average molecular weight is 205 g/mol. The molecule has 0 aliphatic carbocycles. The molecule has 0 rings (SSSR count). The van der Waals surface area contributed by atoms with Gasteiger partial charge in [0.1, 0.15) is 0 Å². The first-order valence-corrected chi connectivity index (χ1v) is 4.23. The Morgan fingerprint density at radius 2 is 1.14 bits per heavy atom. The Balaban J connectivity index is -0.000000135. The van der Waals surface area contributed by atoms with Crippen LogP contribution in [0.5, 0.6) is 0 Å². The molecule has 0 saturated heterocycles. The quantitative estimate of drug-likeness (QED) is 0.333. The molecule has 0 fully saturated rings. The van der Waals surface area contributed by atoms with Crippen LogP contribution in [0.25, 0.3) is 0 Å². The van der Waals surface area contributed by atoms with Gasteiger partial charge in [-0.25, -0.2) is 0 Å². The van der Waals surface area contributed by atoms with E-state index < -0.39 is 5.91 Å². The molecule has 10 N–H and O–H groups in total. The standard InChI is InChI=1S/C4H7NO.2C2H8N2/c1-3(2)4(5)6;2*3-1-2-4/h1H2,2H3,(H2,5,6);2*1-4H2. The molecule has 0 spiro atoms. The average Bonchev–Trinajstić information content (AvgIpc) is 2.18. The van der Waals surface area contributed by atoms with E-state index in [1.165, 1.54) is 0 Å². The molecule has 0 aliphatic heterocycles. The monoisotopic (exact) mass is 205 g/mol. The first-order valence-electron chi connectivity index (χ1n) is 4.23. The Kier molecular flexibility index (Phi) is 24.1. The van der Waals surface area contributed by atoms with Crippen LogP contribution in [-0.2, 0) is 4.79 Å². The normalized spacial score (nSPS) is 7.50. The molecule has 0 aromatic heterocycles. The summed E-state index contributed by atoms with van der Waals surface area (Å²) in [6.45, 7) is 7.24. The summed E-state index contributed by atoms with van der Waals surface area (Å²) in [6, 6.07) is 0. The first-order chi connectivity index (χ1) is 6.47. The lowest BCUT2D eigenvalue weighted by molar-refractivity contribution is -0.114. The van der Waals surface area contributed by atoms with E-state index in [0.717, 1.165) is 0 Å². The van der Waals surface area contributed by atoms with Gasteiger partial charge in [-0.15, -0.1) is 0 Å². The molecule has 14 heavy (non-hydrogen) atoms. The van der Waals surface area contributed by atoms with E-state index in [-0.39, 0.29) is 0 Å². The van der Waals surface area contributed by atoms with E-state index in [1.807, 2.05) is 0 Å². The summed E-state index contributed by atoms with van der Waals surface area (Å²) >= 11 is 0. The Labute approximate surface area is 85.5 Å². The van der Waals surface area contributed by atoms with Crippen LogP contribution in [0.4, 0.5) is 0 Å². The Morgan fingerprint density at radius 3 is 1.14 bits per heavy atom. The van der Waals surface area contributed by atoms with Crippen molar-refractivity contribution in [3.05, 3.63) is 12.2 Å². The second kappa shape index (κ2) is 18.0. The number of primary amides is 1. The van der Waals surface area contributed by atoms with E-state index in [1.54, 1.807) is 6.92 Å². The van der Waals surface area contributed by atoms with Crippen LogP contribution in [0.2, 0.25) is 0 Å². The molecule has 0 bridgehead atoms. The molecule has 0 aliphatic rings. The van der Waals surface area contributed by atoms with E-state index in [0.29, 0.717) is 31.8 Å². The molecular weight excluding hydrogens is 182 g/mol. The van der Waals surface area contributed by atoms with Gasteiger partial charge in [-0.3, -0.25) is 4.79 Å². The third-order valence-corrected chi connectivity index (χ3v) is 0.754. The second-order valence-electron chi connectivity index (χ2n) is 2.30. The van der Waals surface area contributed by atoms with Crippen molar-refractivity contribution in [3.63, 3.8) is 0 Å². The van der Waals surface area contributed by atoms with E-state index in [4.69, 9.17) is 28.7 Å². The highest BCUT2D eigenvalue weighted by atomic mass is 16.1. The predicted molar refractivity (Wildman–Crippen MR) is 60.2 cm³/mol. The Bertz CT molecular complexity index is 118. The predicted octanol–water partition coefficient (Wildman–Crippen LogP) is -2.14. The van der Waals surface area contributed by atoms with Crippen LogP contribution >= 0.6 is 0 Å². The Hall–Kier alpha value is -0.950. The minimum atomic E-state index is -0.435. The summed E-state index contributed by atoms with van der Waals surface area (Å²) in [7, 11) is 0. The van der Waals surface area contributed by atoms with Crippen LogP contribution in [0.15, 0.2) is 12.2 Å². The molecule has 86 valence electrons. The van der Waals surface area contributed by atoms with Gasteiger partial charge in [-0.2, -0.15) is 0 Å². The number of hydrogen-bond donors (Lipinski definition) is 5. The number of amides is 1. The van der Waals surface area contributed by atoms with Gasteiger partial charge in [0.05, 0.1) is 0 Å². The lowest BCUT2D eigenvalue weighted by atomic mass is 10.3. The zero-order chi connectivity index (χ0) is 12.0. The molecule has 0 saturated carbocycles. The van der Waals surface area contributed by atoms with Crippen LogP contribution < -0.4 is 28.7 Å². The summed E-state index contributed by atoms with van der Waals surface area (Å²) in [6.07, 6.45) is 0. The fourth-order valence-electron chi connectivity index (χ4n) is 0. The van der Waals surface area contributed by atoms with Crippen molar-refractivity contribution < 1.29 is 4.79 Å². The topological polar surface area (TPSA) is 147 Å². The van der Waals surface area contributed by atoms with E-state index in [2.05, 4.69) is 6.58 Å². The molecule has 0 radical (unpaired) electrons. The number of carbonyl (C=O) groups excluding carboxylic acids is 1. The molecular formula is C8H23N5O. The highest BCUT2D eigenvalue weighted by Crippen LogP contribution is 1.78. The minimum Gasteiger partial charge on any atom is -0.366 e. The fourth-order valence-corrected chi connectivity index (χ4v) is 0. The second-order valence-corrected chi connectivity index (χ2v) is 2.30. The van der Waals surface area contributed by atoms with Gasteiger partial charge in [0, 0.05) is 31.8 Å². The fraction of sp³-hybridized carbons (Fsp3) is 0.625. The zero-order valence-corrected chi connectivity index (χ0v) is 8.83. The number of nitrogens with two attached hydrogens (primary N) is 5. The summed E-state index contributed by atoms with van der Waals surface area (Å²) in [5, 5.41) is 0. The highest BCUT2D eigenvalue weighted by Gasteiger charge is 1.86. The largest absolute Gasteiger partial charge is 0.366 e. The van der Waals surface area contributed by atoms with Crippen molar-refractivity contribution in [3.8, 4) is 0 Å². The van der Waals surface area contributed by atoms with Gasteiger partial charge in [-0.05, 0) is 6.92 Å². The van der Waals surface area contributed by atoms with Gasteiger partial charge < -0.3 is 28.7 Å². The van der Waals surface area contributed by atoms with Gasteiger partial charge in [0.2, 0.25) is 5.91 Å². The smallest absolute Gasteiger partial charge is 0.243 e. The summed E-state index contributed by atoms with van der Waals surface area (Å²) < 4.78 is 0. The van der Waals surface area contributed by atoms with Crippen molar-refractivity contribution in [1.29, 1.82) is 0 Å². The van der Waals surface area contributed by atoms with Crippen LogP contribution in [0.3, 0.4) is 0 Å². The van der Waals surface area contributed by atoms with Crippen LogP contribution in [0, 0.1) is 0 Å². The van der Waals surface area contributed by atoms with Crippen molar-refractivity contribution in [2.75, 3.05) is 26.2 Å². The third kappa shape index (κ3) is 43.8. The highest BCUT2D eigenvalue weighted by molar-refractivity contribution is 5.90. The first kappa shape index (κ1) is 18.8. The lowest BCUT2D eigenvalue weighted by Crippen LogP contribution is -2.11. The Morgan fingerprint density at radius 1 is 1.00 bits per heavy atom. The number of carbonyl (C=O) groups is 1. The molecule has 1 amide bonds. The molecule has 6 heteroatoms. The zero-order valence-electron chi connectivity index (χ0n) is 8.83. The van der Waals surface area contributed by atoms with Crippen LogP contribution in [-0.4, -0.2) is 32.1 Å². The number of hydrogen-bond acceptors (Lipinski definition) is 5. The SMILES string of the molecule is C=C(C)C(N)=O.NCCN.NCCN. The minimum absolute atomic E-state index is 0.398. The van der Waals surface area contributed by atoms with Crippen molar-refractivity contribution >= 4 is 5.91 Å². The maximum atomic E-state index is 9.82. The van der Waals surface area contributed by atoms with Crippen LogP contribution in [0.1, 0.15) is 6.92 Å². The lowest BCUT2D eigenvalue weighted by Gasteiger charge is -1.81. The van der Waals surface area contributed by atoms with E-state index >= 15 is 0 Å². The molecule has 0 unspecified atom stereocenters. The molecule has 6 nitrogen and oxygen atoms in total. The third-order valence-electron chi connectivity index (χ3n) is 0.754. The summed E-state index contributed by atoms with van der Waals surface area (Å²) in [5.74, 6) is -0.435. The van der Waals surface area contributed by atoms with Crippen molar-refractivity contribution in [2.45, 2.75) is 6.92 Å². The van der Waals surface area contributed by atoms with E-state index in [9.17, 15) is 4.79 Å². The molecule has 0 heterocycles. The van der Waals surface area contributed by atoms with Crippen molar-refractivity contribution in [1.82, 2.24) is 0 Å². The summed E-state index contributed by atoms with van der Waals surface area (Å²) in [4.78, 5) is 9.82. The van der Waals surface area contributed by atoms with Gasteiger partial charge in [-0.1, -0.05) is 6.58 Å². The maximum absolute atomic E-state index is 9.82. The molecule has 0 aromatic rings. The van der Waals surface area contributed by atoms with Crippen molar-refractivity contribution in [2.24, 2.45) is 28.7 Å².